The van der Waals surface area contributed by atoms with Crippen molar-refractivity contribution in [2.75, 3.05) is 38.3 Å². The summed E-state index contributed by atoms with van der Waals surface area (Å²) in [6, 6.07) is 11.8. The van der Waals surface area contributed by atoms with Crippen molar-refractivity contribution in [1.82, 2.24) is 14.9 Å². The number of carbonyl (C=O) groups is 3. The van der Waals surface area contributed by atoms with Crippen molar-refractivity contribution in [2.24, 2.45) is 0 Å². The zero-order valence-corrected chi connectivity index (χ0v) is 23.7. The van der Waals surface area contributed by atoms with E-state index in [2.05, 4.69) is 20.9 Å². The molecule has 0 bridgehead atoms. The molecule has 214 valence electrons. The van der Waals surface area contributed by atoms with Crippen molar-refractivity contribution in [3.63, 3.8) is 0 Å². The van der Waals surface area contributed by atoms with Crippen LogP contribution in [0.5, 0.6) is 5.88 Å². The van der Waals surface area contributed by atoms with E-state index in [0.717, 1.165) is 6.07 Å². The van der Waals surface area contributed by atoms with Crippen LogP contribution in [-0.4, -0.2) is 72.1 Å². The Bertz CT molecular complexity index is 1500. The summed E-state index contributed by atoms with van der Waals surface area (Å²) in [5, 5.41) is 0.534. The molecule has 2 aliphatic rings. The average Bonchev–Trinajstić information content (AvgIpc) is 3.20. The number of anilines is 1. The van der Waals surface area contributed by atoms with Gasteiger partial charge in [0, 0.05) is 30.3 Å². The summed E-state index contributed by atoms with van der Waals surface area (Å²) in [6.45, 7) is -0.424. The van der Waals surface area contributed by atoms with E-state index in [-0.39, 0.29) is 59.7 Å². The summed E-state index contributed by atoms with van der Waals surface area (Å²) < 4.78 is 47.4. The minimum Gasteiger partial charge on any atom is -0.480 e. The van der Waals surface area contributed by atoms with Gasteiger partial charge in [0.25, 0.3) is 17.7 Å². The number of rotatable bonds is 6. The number of hydroxylamine groups is 2. The number of nitrogens with zero attached hydrogens (tertiary/aromatic N) is 4. The summed E-state index contributed by atoms with van der Waals surface area (Å²) in [7, 11) is 1.39. The second kappa shape index (κ2) is 11.3. The molecule has 2 aliphatic heterocycles. The molecule has 3 heterocycles. The van der Waals surface area contributed by atoms with Crippen molar-refractivity contribution in [3.05, 3.63) is 86.5 Å². The highest BCUT2D eigenvalue weighted by Gasteiger charge is 2.41. The molecule has 3 amide bonds. The van der Waals surface area contributed by atoms with Crippen LogP contribution in [0, 0.1) is 0 Å². The third kappa shape index (κ3) is 5.61. The zero-order chi connectivity index (χ0) is 29.5. The number of pyridine rings is 1. The smallest absolute Gasteiger partial charge is 0.418 e. The topological polar surface area (TPSA) is 92.3 Å². The van der Waals surface area contributed by atoms with Gasteiger partial charge in [-0.1, -0.05) is 23.7 Å². The number of ether oxygens (including phenoxy) is 1. The molecule has 3 aromatic rings. The lowest BCUT2D eigenvalue weighted by Gasteiger charge is -2.43. The molecule has 0 spiro atoms. The molecule has 1 aromatic heterocycles. The van der Waals surface area contributed by atoms with Gasteiger partial charge in [-0.3, -0.25) is 19.2 Å². The number of amides is 3. The average molecular weight is 654 g/mol. The number of imide groups is 1. The fraction of sp³-hybridized carbons (Fsp3) is 0.259. The lowest BCUT2D eigenvalue weighted by Crippen LogP contribution is -2.58. The van der Waals surface area contributed by atoms with Gasteiger partial charge >= 0.3 is 6.18 Å². The van der Waals surface area contributed by atoms with Crippen molar-refractivity contribution >= 4 is 50.9 Å². The highest BCUT2D eigenvalue weighted by Crippen LogP contribution is 2.39. The summed E-state index contributed by atoms with van der Waals surface area (Å²) >= 11 is 9.15. The lowest BCUT2D eigenvalue weighted by molar-refractivity contribution is -0.137. The summed E-state index contributed by atoms with van der Waals surface area (Å²) in [4.78, 5) is 51.9. The first-order chi connectivity index (χ1) is 19.5. The zero-order valence-electron chi connectivity index (χ0n) is 21.3. The number of aromatic nitrogens is 1. The number of benzene rings is 2. The van der Waals surface area contributed by atoms with Crippen LogP contribution in [0.25, 0.3) is 0 Å². The van der Waals surface area contributed by atoms with Gasteiger partial charge < -0.3 is 14.5 Å². The summed E-state index contributed by atoms with van der Waals surface area (Å²) in [6.07, 6.45) is -4.68. The molecular formula is C27H21BrClF3N4O5. The maximum Gasteiger partial charge on any atom is 0.418 e. The Kier molecular flexibility index (Phi) is 7.95. The number of fused-ring (bicyclic) bond motifs is 1. The van der Waals surface area contributed by atoms with E-state index < -0.39 is 35.5 Å². The highest BCUT2D eigenvalue weighted by molar-refractivity contribution is 9.10. The van der Waals surface area contributed by atoms with Crippen LogP contribution in [0.1, 0.15) is 36.8 Å². The van der Waals surface area contributed by atoms with Crippen LogP contribution >= 0.6 is 27.5 Å². The van der Waals surface area contributed by atoms with E-state index in [1.54, 1.807) is 18.2 Å². The molecular weight excluding hydrogens is 633 g/mol. The van der Waals surface area contributed by atoms with Crippen LogP contribution in [0.2, 0.25) is 5.02 Å². The van der Waals surface area contributed by atoms with Gasteiger partial charge in [0.05, 0.1) is 40.9 Å². The van der Waals surface area contributed by atoms with Crippen LogP contribution < -0.4 is 9.64 Å². The molecule has 41 heavy (non-hydrogen) atoms. The van der Waals surface area contributed by atoms with Gasteiger partial charge in [-0.15, -0.1) is 5.06 Å². The molecule has 1 atom stereocenters. The second-order valence-electron chi connectivity index (χ2n) is 9.19. The largest absolute Gasteiger partial charge is 0.480 e. The predicted molar refractivity (Wildman–Crippen MR) is 145 cm³/mol. The van der Waals surface area contributed by atoms with Crippen LogP contribution in [0.3, 0.4) is 0 Å². The molecule has 1 saturated heterocycles. The van der Waals surface area contributed by atoms with Crippen LogP contribution in [0.4, 0.5) is 18.9 Å². The van der Waals surface area contributed by atoms with E-state index in [9.17, 15) is 27.6 Å². The molecule has 9 nitrogen and oxygen atoms in total. The first-order valence-electron chi connectivity index (χ1n) is 12.2. The molecule has 1 unspecified atom stereocenters. The number of hydrogen-bond acceptors (Lipinski definition) is 7. The Balaban J connectivity index is 1.44. The van der Waals surface area contributed by atoms with Gasteiger partial charge in [-0.2, -0.15) is 13.2 Å². The number of methoxy groups -OCH3 is 1. The Morgan fingerprint density at radius 3 is 2.39 bits per heavy atom. The van der Waals surface area contributed by atoms with Crippen molar-refractivity contribution in [2.45, 2.75) is 12.2 Å². The molecule has 1 fully saturated rings. The SMILES string of the molecule is COc1nc(C(=O)N2CCN(c3ccc(Cl)cc3C(F)(F)F)CC2CON2C(=O)c3ccccc3C2=O)ccc1Br. The number of hydrogen-bond donors (Lipinski definition) is 0. The van der Waals surface area contributed by atoms with E-state index in [1.165, 1.54) is 47.2 Å². The number of carbonyl (C=O) groups excluding carboxylic acids is 3. The van der Waals surface area contributed by atoms with E-state index >= 15 is 0 Å². The fourth-order valence-electron chi connectivity index (χ4n) is 4.77. The van der Waals surface area contributed by atoms with E-state index in [0.29, 0.717) is 9.54 Å². The number of piperazine rings is 1. The fourth-order valence-corrected chi connectivity index (χ4v) is 5.33. The monoisotopic (exact) mass is 652 g/mol. The van der Waals surface area contributed by atoms with Gasteiger partial charge in [0.2, 0.25) is 5.88 Å². The number of halogens is 5. The Morgan fingerprint density at radius 1 is 1.07 bits per heavy atom. The number of alkyl halides is 3. The van der Waals surface area contributed by atoms with Crippen molar-refractivity contribution in [3.8, 4) is 5.88 Å². The van der Waals surface area contributed by atoms with Gasteiger partial charge in [0.1, 0.15) is 5.69 Å². The Morgan fingerprint density at radius 2 is 1.76 bits per heavy atom. The first kappa shape index (κ1) is 28.8. The predicted octanol–water partition coefficient (Wildman–Crippen LogP) is 5.08. The molecule has 14 heteroatoms. The van der Waals surface area contributed by atoms with Crippen LogP contribution in [-0.2, 0) is 11.0 Å². The highest BCUT2D eigenvalue weighted by atomic mass is 79.9. The normalized spacial score (nSPS) is 17.2. The standard InChI is InChI=1S/C27H21BrClF3N4O5/c1-40-23-20(28)7-8-21(33-23)26(39)35-11-10-34(22-9-6-15(29)12-19(22)27(30,31)32)13-16(35)14-41-36-24(37)17-4-2-3-5-18(17)25(36)38/h2-9,12,16H,10-11,13-14H2,1H3. The molecule has 5 rings (SSSR count). The minimum atomic E-state index is -4.68. The van der Waals surface area contributed by atoms with Gasteiger partial charge in [0.15, 0.2) is 0 Å². The van der Waals surface area contributed by atoms with Crippen molar-refractivity contribution < 1.29 is 37.1 Å². The Hall–Kier alpha value is -3.68. The first-order valence-corrected chi connectivity index (χ1v) is 13.4. The molecule has 0 N–H and O–H groups in total. The molecule has 2 aromatic carbocycles. The van der Waals surface area contributed by atoms with Crippen molar-refractivity contribution in [1.29, 1.82) is 0 Å². The van der Waals surface area contributed by atoms with Crippen LogP contribution in [0.15, 0.2) is 59.1 Å². The third-order valence-electron chi connectivity index (χ3n) is 6.73. The minimum absolute atomic E-state index is 0.00500. The quantitative estimate of drug-likeness (QED) is 0.343. The Labute approximate surface area is 245 Å². The molecule has 0 radical (unpaired) electrons. The maximum absolute atomic E-state index is 13.9. The van der Waals surface area contributed by atoms with E-state index in [1.807, 2.05) is 0 Å². The van der Waals surface area contributed by atoms with E-state index in [4.69, 9.17) is 21.2 Å². The summed E-state index contributed by atoms with van der Waals surface area (Å²) in [5.74, 6) is -1.71. The lowest BCUT2D eigenvalue weighted by atomic mass is 10.1. The second-order valence-corrected chi connectivity index (χ2v) is 10.5. The molecule has 0 aliphatic carbocycles. The maximum atomic E-state index is 13.9. The summed E-state index contributed by atoms with van der Waals surface area (Å²) in [5.41, 5.74) is -0.685. The third-order valence-corrected chi connectivity index (χ3v) is 7.57. The van der Waals surface area contributed by atoms with Gasteiger partial charge in [-0.25, -0.2) is 4.98 Å². The molecule has 0 saturated carbocycles. The van der Waals surface area contributed by atoms with Gasteiger partial charge in [-0.05, 0) is 58.4 Å².